The molecule has 0 aliphatic carbocycles. The number of amides is 2. The molecule has 0 radical (unpaired) electrons. The number of benzene rings is 2. The van der Waals surface area contributed by atoms with Gasteiger partial charge in [-0.05, 0) is 30.3 Å². The van der Waals surface area contributed by atoms with Crippen molar-refractivity contribution in [3.63, 3.8) is 0 Å². The summed E-state index contributed by atoms with van der Waals surface area (Å²) in [6.07, 6.45) is 0. The fourth-order valence-electron chi connectivity index (χ4n) is 3.42. The van der Waals surface area contributed by atoms with E-state index in [1.54, 1.807) is 42.5 Å². The molecule has 2 aromatic carbocycles. The fraction of sp³-hybridized carbons (Fsp3) is 0.182. The lowest BCUT2D eigenvalue weighted by Crippen LogP contribution is -2.35. The van der Waals surface area contributed by atoms with Gasteiger partial charge in [0.25, 0.3) is 11.8 Å². The standard InChI is InChI=1S/C22H16N2O7/c25-20(11-24-21(26)15-3-1-2-4-16(15)22(24)27)30-12-14-10-18(31-23-14)13-5-6-17-19(9-13)29-8-7-28-17/h1-6,9-10H,7-8,11-12H2. The lowest BCUT2D eigenvalue weighted by Gasteiger charge is -2.18. The third-order valence-electron chi connectivity index (χ3n) is 4.93. The van der Waals surface area contributed by atoms with Crippen molar-refractivity contribution in [3.8, 4) is 22.8 Å². The highest BCUT2D eigenvalue weighted by Gasteiger charge is 2.36. The molecule has 3 heterocycles. The van der Waals surface area contributed by atoms with Crippen LogP contribution in [0.25, 0.3) is 11.3 Å². The van der Waals surface area contributed by atoms with Crippen LogP contribution in [-0.2, 0) is 16.1 Å². The van der Waals surface area contributed by atoms with Crippen LogP contribution in [0, 0.1) is 0 Å². The van der Waals surface area contributed by atoms with Gasteiger partial charge in [-0.25, -0.2) is 0 Å². The molecule has 2 aliphatic rings. The monoisotopic (exact) mass is 420 g/mol. The average molecular weight is 420 g/mol. The lowest BCUT2D eigenvalue weighted by molar-refractivity contribution is -0.145. The molecule has 0 spiro atoms. The zero-order valence-electron chi connectivity index (χ0n) is 16.2. The van der Waals surface area contributed by atoms with Crippen LogP contribution in [0.1, 0.15) is 26.4 Å². The SMILES string of the molecule is O=C(CN1C(=O)c2ccccc2C1=O)OCc1cc(-c2ccc3c(c2)OCCO3)on1. The normalized spacial score (nSPS) is 14.5. The minimum Gasteiger partial charge on any atom is -0.486 e. The summed E-state index contributed by atoms with van der Waals surface area (Å²) in [6.45, 7) is 0.349. The largest absolute Gasteiger partial charge is 0.486 e. The van der Waals surface area contributed by atoms with Crippen molar-refractivity contribution < 1.29 is 33.1 Å². The van der Waals surface area contributed by atoms with Gasteiger partial charge in [-0.1, -0.05) is 17.3 Å². The van der Waals surface area contributed by atoms with E-state index in [1.807, 2.05) is 6.07 Å². The van der Waals surface area contributed by atoms with E-state index in [4.69, 9.17) is 18.7 Å². The van der Waals surface area contributed by atoms with Crippen LogP contribution in [-0.4, -0.2) is 47.6 Å². The Kier molecular flexibility index (Phi) is 4.62. The number of ether oxygens (including phenoxy) is 3. The summed E-state index contributed by atoms with van der Waals surface area (Å²) in [5.41, 5.74) is 1.68. The van der Waals surface area contributed by atoms with E-state index in [-0.39, 0.29) is 17.7 Å². The first-order valence-electron chi connectivity index (χ1n) is 9.56. The Morgan fingerprint density at radius 1 is 0.968 bits per heavy atom. The predicted molar refractivity (Wildman–Crippen MR) is 105 cm³/mol. The van der Waals surface area contributed by atoms with Crippen molar-refractivity contribution in [2.45, 2.75) is 6.61 Å². The van der Waals surface area contributed by atoms with E-state index in [2.05, 4.69) is 5.16 Å². The van der Waals surface area contributed by atoms with Crippen LogP contribution in [0.15, 0.2) is 53.1 Å². The van der Waals surface area contributed by atoms with Crippen molar-refractivity contribution in [1.29, 1.82) is 0 Å². The highest BCUT2D eigenvalue weighted by molar-refractivity contribution is 6.22. The molecule has 1 aromatic heterocycles. The van der Waals surface area contributed by atoms with Gasteiger partial charge in [0, 0.05) is 11.6 Å². The summed E-state index contributed by atoms with van der Waals surface area (Å²) < 4.78 is 21.6. The van der Waals surface area contributed by atoms with E-state index < -0.39 is 24.3 Å². The average Bonchev–Trinajstić information content (AvgIpc) is 3.37. The number of rotatable bonds is 5. The van der Waals surface area contributed by atoms with Gasteiger partial charge in [-0.2, -0.15) is 0 Å². The molecule has 0 atom stereocenters. The first kappa shape index (κ1) is 18.9. The topological polar surface area (TPSA) is 108 Å². The van der Waals surface area contributed by atoms with Gasteiger partial charge in [0.1, 0.15) is 32.1 Å². The first-order valence-corrected chi connectivity index (χ1v) is 9.56. The van der Waals surface area contributed by atoms with Crippen molar-refractivity contribution in [2.24, 2.45) is 0 Å². The number of carbonyl (C=O) groups excluding carboxylic acids is 3. The van der Waals surface area contributed by atoms with Crippen molar-refractivity contribution in [2.75, 3.05) is 19.8 Å². The quantitative estimate of drug-likeness (QED) is 0.458. The Balaban J connectivity index is 1.21. The fourth-order valence-corrected chi connectivity index (χ4v) is 3.42. The molecular weight excluding hydrogens is 404 g/mol. The second-order valence-electron chi connectivity index (χ2n) is 6.94. The Morgan fingerprint density at radius 3 is 2.42 bits per heavy atom. The van der Waals surface area contributed by atoms with Gasteiger partial charge >= 0.3 is 5.97 Å². The second-order valence-corrected chi connectivity index (χ2v) is 6.94. The zero-order chi connectivity index (χ0) is 21.4. The third-order valence-corrected chi connectivity index (χ3v) is 4.93. The maximum atomic E-state index is 12.3. The molecule has 0 unspecified atom stereocenters. The van der Waals surface area contributed by atoms with Crippen molar-refractivity contribution in [3.05, 3.63) is 65.4 Å². The Labute approximate surface area is 176 Å². The van der Waals surface area contributed by atoms with Gasteiger partial charge in [-0.3, -0.25) is 19.3 Å². The minimum absolute atomic E-state index is 0.157. The highest BCUT2D eigenvalue weighted by Crippen LogP contribution is 2.34. The van der Waals surface area contributed by atoms with Crippen LogP contribution < -0.4 is 9.47 Å². The number of imide groups is 1. The molecule has 0 saturated heterocycles. The Hall–Kier alpha value is -4.14. The number of esters is 1. The molecule has 3 aromatic rings. The number of hydrogen-bond acceptors (Lipinski definition) is 8. The van der Waals surface area contributed by atoms with Crippen molar-refractivity contribution >= 4 is 17.8 Å². The molecule has 2 aliphatic heterocycles. The van der Waals surface area contributed by atoms with E-state index in [1.165, 1.54) is 0 Å². The molecule has 2 amide bonds. The van der Waals surface area contributed by atoms with Crippen LogP contribution in [0.4, 0.5) is 0 Å². The lowest BCUT2D eigenvalue weighted by atomic mass is 10.1. The second kappa shape index (κ2) is 7.60. The molecule has 0 N–H and O–H groups in total. The summed E-state index contributed by atoms with van der Waals surface area (Å²) in [5, 5.41) is 3.90. The van der Waals surface area contributed by atoms with Crippen LogP contribution in [0.3, 0.4) is 0 Å². The van der Waals surface area contributed by atoms with Gasteiger partial charge in [0.05, 0.1) is 11.1 Å². The number of hydrogen-bond donors (Lipinski definition) is 0. The molecule has 5 rings (SSSR count). The predicted octanol–water partition coefficient (Wildman–Crippen LogP) is 2.45. The van der Waals surface area contributed by atoms with Gasteiger partial charge in [0.15, 0.2) is 17.3 Å². The molecule has 9 heteroatoms. The first-order chi connectivity index (χ1) is 15.1. The summed E-state index contributed by atoms with van der Waals surface area (Å²) in [7, 11) is 0. The molecule has 0 bridgehead atoms. The Bertz CT molecular complexity index is 1170. The molecule has 0 fully saturated rings. The summed E-state index contributed by atoms with van der Waals surface area (Å²) in [5.74, 6) is 0.00687. The molecule has 31 heavy (non-hydrogen) atoms. The summed E-state index contributed by atoms with van der Waals surface area (Å²) in [6, 6.07) is 13.4. The van der Waals surface area contributed by atoms with Gasteiger partial charge in [0.2, 0.25) is 0 Å². The third kappa shape index (κ3) is 3.50. The molecule has 0 saturated carbocycles. The van der Waals surface area contributed by atoms with Crippen LogP contribution >= 0.6 is 0 Å². The minimum atomic E-state index is -0.724. The maximum absolute atomic E-state index is 12.3. The highest BCUT2D eigenvalue weighted by atomic mass is 16.6. The number of carbonyl (C=O) groups is 3. The summed E-state index contributed by atoms with van der Waals surface area (Å²) in [4.78, 5) is 37.7. The number of aromatic nitrogens is 1. The zero-order valence-corrected chi connectivity index (χ0v) is 16.2. The van der Waals surface area contributed by atoms with E-state index in [0.29, 0.717) is 36.2 Å². The van der Waals surface area contributed by atoms with Gasteiger partial charge in [-0.15, -0.1) is 0 Å². The smallest absolute Gasteiger partial charge is 0.326 e. The van der Waals surface area contributed by atoms with Crippen LogP contribution in [0.2, 0.25) is 0 Å². The van der Waals surface area contributed by atoms with Crippen LogP contribution in [0.5, 0.6) is 11.5 Å². The van der Waals surface area contributed by atoms with E-state index in [0.717, 1.165) is 10.5 Å². The molecule has 156 valence electrons. The Morgan fingerprint density at radius 2 is 1.68 bits per heavy atom. The van der Waals surface area contributed by atoms with E-state index >= 15 is 0 Å². The van der Waals surface area contributed by atoms with Gasteiger partial charge < -0.3 is 18.7 Å². The molecule has 9 nitrogen and oxygen atoms in total. The maximum Gasteiger partial charge on any atom is 0.326 e. The summed E-state index contributed by atoms with van der Waals surface area (Å²) >= 11 is 0. The number of fused-ring (bicyclic) bond motifs is 2. The molecular formula is C22H16N2O7. The van der Waals surface area contributed by atoms with Crippen molar-refractivity contribution in [1.82, 2.24) is 10.1 Å². The van der Waals surface area contributed by atoms with E-state index in [9.17, 15) is 14.4 Å². The number of nitrogens with zero attached hydrogens (tertiary/aromatic N) is 2.